The number of hydrogen-bond acceptors (Lipinski definition) is 5. The lowest BCUT2D eigenvalue weighted by Crippen LogP contribution is -2.46. The zero-order chi connectivity index (χ0) is 18.1. The third-order valence-corrected chi connectivity index (χ3v) is 4.32. The monoisotopic (exact) mass is 340 g/mol. The van der Waals surface area contributed by atoms with Gasteiger partial charge in [-0.05, 0) is 50.1 Å². The Morgan fingerprint density at radius 1 is 1.32 bits per heavy atom. The number of esters is 1. The summed E-state index contributed by atoms with van der Waals surface area (Å²) in [7, 11) is 0. The molecule has 1 aliphatic heterocycles. The Morgan fingerprint density at radius 2 is 2.08 bits per heavy atom. The molecule has 1 fully saturated rings. The molecule has 0 aliphatic carbocycles. The van der Waals surface area contributed by atoms with Crippen molar-refractivity contribution in [3.05, 3.63) is 41.5 Å². The van der Waals surface area contributed by atoms with Crippen molar-refractivity contribution in [1.82, 2.24) is 4.90 Å². The van der Waals surface area contributed by atoms with E-state index in [2.05, 4.69) is 11.0 Å². The second-order valence-electron chi connectivity index (χ2n) is 6.08. The average molecular weight is 340 g/mol. The highest BCUT2D eigenvalue weighted by Crippen LogP contribution is 2.18. The molecule has 0 N–H and O–H groups in total. The maximum Gasteiger partial charge on any atom is 0.323 e. The Morgan fingerprint density at radius 3 is 2.76 bits per heavy atom. The van der Waals surface area contributed by atoms with Gasteiger partial charge in [-0.3, -0.25) is 14.5 Å². The molecule has 0 saturated carbocycles. The van der Waals surface area contributed by atoms with Crippen LogP contribution in [0.3, 0.4) is 0 Å². The Kier molecular flexibility index (Phi) is 7.36. The van der Waals surface area contributed by atoms with Gasteiger partial charge in [0, 0.05) is 13.0 Å². The van der Waals surface area contributed by atoms with Crippen LogP contribution in [0.2, 0.25) is 0 Å². The molecular weight excluding hydrogens is 316 g/mol. The predicted molar refractivity (Wildman–Crippen MR) is 95.7 cm³/mol. The van der Waals surface area contributed by atoms with E-state index in [1.807, 2.05) is 19.1 Å². The van der Waals surface area contributed by atoms with E-state index in [4.69, 9.17) is 10.00 Å². The van der Waals surface area contributed by atoms with Crippen LogP contribution in [0.15, 0.2) is 30.3 Å². The van der Waals surface area contributed by atoms with Crippen molar-refractivity contribution >= 4 is 17.8 Å². The fourth-order valence-corrected chi connectivity index (χ4v) is 2.96. The van der Waals surface area contributed by atoms with Crippen molar-refractivity contribution in [3.8, 4) is 6.07 Å². The molecule has 1 saturated heterocycles. The molecular formula is C20H24N2O3. The molecule has 0 aromatic heterocycles. The van der Waals surface area contributed by atoms with Gasteiger partial charge in [0.1, 0.15) is 6.04 Å². The minimum absolute atomic E-state index is 0.0255. The van der Waals surface area contributed by atoms with Gasteiger partial charge in [-0.2, -0.15) is 5.26 Å². The smallest absolute Gasteiger partial charge is 0.323 e. The molecule has 0 radical (unpaired) electrons. The summed E-state index contributed by atoms with van der Waals surface area (Å²) in [4.78, 5) is 26.2. The first-order valence-corrected chi connectivity index (χ1v) is 8.75. The molecule has 1 aromatic rings. The molecule has 5 nitrogen and oxygen atoms in total. The first-order chi connectivity index (χ1) is 12.1. The Bertz CT molecular complexity index is 659. The van der Waals surface area contributed by atoms with Crippen LogP contribution >= 0.6 is 0 Å². The van der Waals surface area contributed by atoms with Crippen LogP contribution in [0.25, 0.3) is 6.08 Å². The molecule has 1 atom stereocenters. The van der Waals surface area contributed by atoms with Gasteiger partial charge >= 0.3 is 5.97 Å². The van der Waals surface area contributed by atoms with Crippen molar-refractivity contribution in [2.24, 2.45) is 0 Å². The standard InChI is InChI=1S/C20H24N2O3/c1-2-25-20(24)19-5-3-4-13-22(19)14-12-18(23)11-10-16-6-8-17(15-21)9-7-16/h6-11,19H,2-5,12-14H2,1H3. The Balaban J connectivity index is 1.86. The van der Waals surface area contributed by atoms with Crippen molar-refractivity contribution in [2.45, 2.75) is 38.6 Å². The number of hydrogen-bond donors (Lipinski definition) is 0. The molecule has 1 unspecified atom stereocenters. The SMILES string of the molecule is CCOC(=O)C1CCCCN1CCC(=O)C=Cc1ccc(C#N)cc1. The molecule has 0 bridgehead atoms. The summed E-state index contributed by atoms with van der Waals surface area (Å²) < 4.78 is 5.14. The Hall–Kier alpha value is -2.45. The summed E-state index contributed by atoms with van der Waals surface area (Å²) in [5.41, 5.74) is 1.48. The van der Waals surface area contributed by atoms with Crippen molar-refractivity contribution in [1.29, 1.82) is 5.26 Å². The Labute approximate surface area is 148 Å². The number of ketones is 1. The first kappa shape index (κ1) is 18.9. The number of carbonyl (C=O) groups is 2. The molecule has 1 heterocycles. The quantitative estimate of drug-likeness (QED) is 0.564. The van der Waals surface area contributed by atoms with Gasteiger partial charge in [0.25, 0.3) is 0 Å². The van der Waals surface area contributed by atoms with Crippen molar-refractivity contribution in [3.63, 3.8) is 0 Å². The van der Waals surface area contributed by atoms with Crippen LogP contribution in [0.5, 0.6) is 0 Å². The van der Waals surface area contributed by atoms with E-state index >= 15 is 0 Å². The maximum atomic E-state index is 12.1. The first-order valence-electron chi connectivity index (χ1n) is 8.75. The minimum atomic E-state index is -0.219. The van der Waals surface area contributed by atoms with E-state index in [0.717, 1.165) is 31.4 Å². The lowest BCUT2D eigenvalue weighted by Gasteiger charge is -2.33. The van der Waals surface area contributed by atoms with E-state index in [1.54, 1.807) is 24.3 Å². The van der Waals surface area contributed by atoms with E-state index in [1.165, 1.54) is 0 Å². The van der Waals surface area contributed by atoms with E-state index in [9.17, 15) is 9.59 Å². The number of benzene rings is 1. The molecule has 1 aromatic carbocycles. The molecule has 1 aliphatic rings. The van der Waals surface area contributed by atoms with E-state index in [-0.39, 0.29) is 17.8 Å². The number of nitrogens with zero attached hydrogens (tertiary/aromatic N) is 2. The number of ether oxygens (including phenoxy) is 1. The summed E-state index contributed by atoms with van der Waals surface area (Å²) in [6.07, 6.45) is 6.56. The largest absolute Gasteiger partial charge is 0.465 e. The number of piperidine rings is 1. The van der Waals surface area contributed by atoms with Crippen LogP contribution in [-0.4, -0.2) is 42.4 Å². The van der Waals surface area contributed by atoms with Gasteiger partial charge < -0.3 is 4.74 Å². The van der Waals surface area contributed by atoms with Gasteiger partial charge in [0.2, 0.25) is 0 Å². The molecule has 25 heavy (non-hydrogen) atoms. The lowest BCUT2D eigenvalue weighted by atomic mass is 10.0. The van der Waals surface area contributed by atoms with Crippen LogP contribution in [0, 0.1) is 11.3 Å². The van der Waals surface area contributed by atoms with Crippen LogP contribution < -0.4 is 0 Å². The van der Waals surface area contributed by atoms with Crippen molar-refractivity contribution in [2.75, 3.05) is 19.7 Å². The van der Waals surface area contributed by atoms with Crippen LogP contribution in [-0.2, 0) is 14.3 Å². The summed E-state index contributed by atoms with van der Waals surface area (Å²) >= 11 is 0. The fraction of sp³-hybridized carbons (Fsp3) is 0.450. The number of likely N-dealkylation sites (tertiary alicyclic amines) is 1. The van der Waals surface area contributed by atoms with E-state index < -0.39 is 0 Å². The highest BCUT2D eigenvalue weighted by molar-refractivity contribution is 5.93. The predicted octanol–water partition coefficient (Wildman–Crippen LogP) is 2.95. The third kappa shape index (κ3) is 5.84. The second-order valence-corrected chi connectivity index (χ2v) is 6.08. The zero-order valence-electron chi connectivity index (χ0n) is 14.6. The van der Waals surface area contributed by atoms with Crippen LogP contribution in [0.4, 0.5) is 0 Å². The zero-order valence-corrected chi connectivity index (χ0v) is 14.6. The third-order valence-electron chi connectivity index (χ3n) is 4.32. The topological polar surface area (TPSA) is 70.4 Å². The summed E-state index contributed by atoms with van der Waals surface area (Å²) in [6.45, 7) is 3.59. The number of carbonyl (C=O) groups excluding carboxylic acids is 2. The average Bonchev–Trinajstić information content (AvgIpc) is 2.65. The van der Waals surface area contributed by atoms with Gasteiger partial charge in [0.05, 0.1) is 18.2 Å². The maximum absolute atomic E-state index is 12.1. The van der Waals surface area contributed by atoms with Gasteiger partial charge in [0.15, 0.2) is 5.78 Å². The number of rotatable bonds is 7. The molecule has 132 valence electrons. The van der Waals surface area contributed by atoms with Crippen LogP contribution in [0.1, 0.15) is 43.7 Å². The normalized spacial score (nSPS) is 18.0. The number of nitriles is 1. The minimum Gasteiger partial charge on any atom is -0.465 e. The molecule has 2 rings (SSSR count). The highest BCUT2D eigenvalue weighted by atomic mass is 16.5. The number of allylic oxidation sites excluding steroid dienone is 1. The lowest BCUT2D eigenvalue weighted by molar-refractivity contribution is -0.151. The summed E-state index contributed by atoms with van der Waals surface area (Å²) in [5.74, 6) is -0.152. The fourth-order valence-electron chi connectivity index (χ4n) is 2.96. The van der Waals surface area contributed by atoms with Gasteiger partial charge in [-0.15, -0.1) is 0 Å². The summed E-state index contributed by atoms with van der Waals surface area (Å²) in [5, 5.41) is 8.77. The molecule has 0 spiro atoms. The van der Waals surface area contributed by atoms with Crippen molar-refractivity contribution < 1.29 is 14.3 Å². The summed E-state index contributed by atoms with van der Waals surface area (Å²) in [6, 6.07) is 8.91. The van der Waals surface area contributed by atoms with E-state index in [0.29, 0.717) is 25.1 Å². The second kappa shape index (κ2) is 9.75. The highest BCUT2D eigenvalue weighted by Gasteiger charge is 2.29. The molecule has 5 heteroatoms. The molecule has 0 amide bonds. The van der Waals surface area contributed by atoms with Gasteiger partial charge in [-0.25, -0.2) is 0 Å². The van der Waals surface area contributed by atoms with Gasteiger partial charge in [-0.1, -0.05) is 24.6 Å².